The van der Waals surface area contributed by atoms with E-state index in [1.807, 2.05) is 18.2 Å². The molecule has 8 heteroatoms. The van der Waals surface area contributed by atoms with E-state index in [2.05, 4.69) is 22.7 Å². The molecule has 3 N–H and O–H groups in total. The molecule has 0 aromatic heterocycles. The van der Waals surface area contributed by atoms with Crippen LogP contribution in [0.15, 0.2) is 66.9 Å². The van der Waals surface area contributed by atoms with Gasteiger partial charge in [-0.15, -0.1) is 0 Å². The average molecular weight is 371 g/mol. The van der Waals surface area contributed by atoms with Crippen molar-refractivity contribution >= 4 is 40.8 Å². The van der Waals surface area contributed by atoms with Crippen molar-refractivity contribution in [3.05, 3.63) is 71.9 Å². The van der Waals surface area contributed by atoms with Crippen molar-refractivity contribution in [2.75, 3.05) is 10.3 Å². The summed E-state index contributed by atoms with van der Waals surface area (Å²) in [6, 6.07) is 14.4. The molecule has 0 aliphatic carbocycles. The number of hydrogen-bond acceptors (Lipinski definition) is 5. The van der Waals surface area contributed by atoms with Crippen molar-refractivity contribution in [1.82, 2.24) is 10.7 Å². The molecule has 4 amide bonds. The lowest BCUT2D eigenvalue weighted by molar-refractivity contribution is -0.132. The monoisotopic (exact) mass is 370 g/mol. The summed E-state index contributed by atoms with van der Waals surface area (Å²) < 4.78 is 0. The van der Waals surface area contributed by atoms with E-state index in [-0.39, 0.29) is 5.70 Å². The van der Waals surface area contributed by atoms with Gasteiger partial charge in [-0.25, -0.2) is 9.69 Å². The van der Waals surface area contributed by atoms with Gasteiger partial charge in [-0.2, -0.15) is 0 Å². The van der Waals surface area contributed by atoms with Crippen LogP contribution in [0.2, 0.25) is 5.02 Å². The fourth-order valence-corrected chi connectivity index (χ4v) is 2.59. The van der Waals surface area contributed by atoms with Gasteiger partial charge in [0.05, 0.1) is 11.4 Å². The number of nitrogens with zero attached hydrogens (tertiary/aromatic N) is 1. The quantitative estimate of drug-likeness (QED) is 0.556. The van der Waals surface area contributed by atoms with E-state index in [1.54, 1.807) is 24.3 Å². The summed E-state index contributed by atoms with van der Waals surface area (Å²) >= 11 is 5.83. The number of halogens is 1. The molecule has 1 aliphatic heterocycles. The topological polar surface area (TPSA) is 90.5 Å². The molecule has 3 rings (SSSR count). The van der Waals surface area contributed by atoms with Gasteiger partial charge in [-0.1, -0.05) is 36.4 Å². The minimum atomic E-state index is -1.26. The van der Waals surface area contributed by atoms with Crippen molar-refractivity contribution in [1.29, 1.82) is 0 Å². The van der Waals surface area contributed by atoms with Gasteiger partial charge in [0.1, 0.15) is 0 Å². The molecule has 0 radical (unpaired) electrons. The number of anilines is 2. The molecule has 0 spiro atoms. The number of rotatable bonds is 5. The lowest BCUT2D eigenvalue weighted by Gasteiger charge is -2.31. The second kappa shape index (κ2) is 7.28. The molecule has 26 heavy (non-hydrogen) atoms. The van der Waals surface area contributed by atoms with Crippen LogP contribution in [0.25, 0.3) is 0 Å². The summed E-state index contributed by atoms with van der Waals surface area (Å²) in [5, 5.41) is 2.63. The number of carbonyl (C=O) groups is 3. The highest BCUT2D eigenvalue weighted by molar-refractivity contribution is 6.31. The first-order valence-corrected chi connectivity index (χ1v) is 8.05. The van der Waals surface area contributed by atoms with Crippen LogP contribution in [0.4, 0.5) is 16.2 Å². The molecule has 1 atom stereocenters. The van der Waals surface area contributed by atoms with Gasteiger partial charge in [0.15, 0.2) is 5.92 Å². The predicted molar refractivity (Wildman–Crippen MR) is 98.3 cm³/mol. The third kappa shape index (κ3) is 3.52. The molecule has 1 fully saturated rings. The Morgan fingerprint density at radius 1 is 1.04 bits per heavy atom. The fraction of sp³-hybridized carbons (Fsp3) is 0.0556. The molecule has 1 aliphatic rings. The predicted octanol–water partition coefficient (Wildman–Crippen LogP) is 2.67. The molecular formula is C18H15ClN4O3. The molecular weight excluding hydrogens is 356 g/mol. The van der Waals surface area contributed by atoms with Crippen LogP contribution in [-0.4, -0.2) is 17.8 Å². The molecule has 132 valence electrons. The minimum Gasteiger partial charge on any atom is -0.304 e. The maximum Gasteiger partial charge on any atom is 0.335 e. The minimum absolute atomic E-state index is 0.114. The second-order valence-electron chi connectivity index (χ2n) is 5.52. The van der Waals surface area contributed by atoms with Crippen molar-refractivity contribution in [3.63, 3.8) is 0 Å². The Kier molecular flexibility index (Phi) is 4.90. The van der Waals surface area contributed by atoms with Crippen molar-refractivity contribution in [2.24, 2.45) is 5.92 Å². The molecule has 2 aromatic carbocycles. The lowest BCUT2D eigenvalue weighted by Crippen LogP contribution is -2.59. The number of barbiturate groups is 1. The number of hydrazine groups is 1. The lowest BCUT2D eigenvalue weighted by atomic mass is 10.0. The van der Waals surface area contributed by atoms with Gasteiger partial charge in [-0.05, 0) is 36.4 Å². The number of urea groups is 1. The molecule has 0 saturated carbocycles. The molecule has 1 heterocycles. The van der Waals surface area contributed by atoms with E-state index >= 15 is 0 Å². The van der Waals surface area contributed by atoms with Crippen molar-refractivity contribution < 1.29 is 14.4 Å². The molecule has 0 bridgehead atoms. The van der Waals surface area contributed by atoms with Crippen LogP contribution in [0.3, 0.4) is 0 Å². The van der Waals surface area contributed by atoms with E-state index in [0.717, 1.165) is 10.6 Å². The molecule has 7 nitrogen and oxygen atoms in total. The zero-order valence-corrected chi connectivity index (χ0v) is 14.3. The Bertz CT molecular complexity index is 868. The molecule has 0 unspecified atom stereocenters. The number of para-hydroxylation sites is 1. The highest BCUT2D eigenvalue weighted by atomic mass is 35.5. The number of amides is 4. The average Bonchev–Trinajstić information content (AvgIpc) is 2.62. The van der Waals surface area contributed by atoms with E-state index in [1.165, 1.54) is 12.1 Å². The van der Waals surface area contributed by atoms with E-state index in [9.17, 15) is 14.4 Å². The van der Waals surface area contributed by atoms with Crippen LogP contribution in [0, 0.1) is 5.92 Å². The summed E-state index contributed by atoms with van der Waals surface area (Å²) in [5.41, 5.74) is 6.74. The summed E-state index contributed by atoms with van der Waals surface area (Å²) in [5.74, 6) is -2.70. The van der Waals surface area contributed by atoms with Crippen LogP contribution < -0.4 is 21.1 Å². The summed E-state index contributed by atoms with van der Waals surface area (Å²) in [4.78, 5) is 37.9. The van der Waals surface area contributed by atoms with E-state index in [0.29, 0.717) is 10.7 Å². The first-order valence-electron chi connectivity index (χ1n) is 7.67. The highest BCUT2D eigenvalue weighted by Gasteiger charge is 2.43. The summed E-state index contributed by atoms with van der Waals surface area (Å²) in [6.45, 7) is 3.75. The Hall–Kier alpha value is -3.32. The Labute approximate surface area is 154 Å². The largest absolute Gasteiger partial charge is 0.335 e. The van der Waals surface area contributed by atoms with Gasteiger partial charge in [-0.3, -0.25) is 14.9 Å². The number of hydrogen-bond donors (Lipinski definition) is 3. The van der Waals surface area contributed by atoms with Gasteiger partial charge in [0.25, 0.3) is 5.91 Å². The zero-order valence-electron chi connectivity index (χ0n) is 13.5. The Balaban J connectivity index is 1.78. The normalized spacial score (nSPS) is 16.9. The second-order valence-corrected chi connectivity index (χ2v) is 5.96. The smallest absolute Gasteiger partial charge is 0.304 e. The van der Waals surface area contributed by atoms with Gasteiger partial charge >= 0.3 is 6.03 Å². The zero-order chi connectivity index (χ0) is 18.7. The van der Waals surface area contributed by atoms with E-state index < -0.39 is 23.8 Å². The van der Waals surface area contributed by atoms with Crippen LogP contribution in [-0.2, 0) is 9.59 Å². The molecule has 2 aromatic rings. The van der Waals surface area contributed by atoms with Crippen molar-refractivity contribution in [3.8, 4) is 0 Å². The van der Waals surface area contributed by atoms with Crippen LogP contribution in [0.5, 0.6) is 0 Å². The highest BCUT2D eigenvalue weighted by Crippen LogP contribution is 2.24. The maximum atomic E-state index is 12.8. The standard InChI is InChI=1S/C18H15ClN4O3/c1-11(21-22-13-5-3-2-4-6-13)15-16(24)20-18(26)23(17(15)25)14-9-7-12(19)8-10-14/h2-10,15,21-22H,1H2,(H,20,24,26)/t15-/m1/s1. The Morgan fingerprint density at radius 3 is 2.35 bits per heavy atom. The summed E-state index contributed by atoms with van der Waals surface area (Å²) in [7, 11) is 0. The van der Waals surface area contributed by atoms with Gasteiger partial charge < -0.3 is 10.9 Å². The van der Waals surface area contributed by atoms with Gasteiger partial charge in [0.2, 0.25) is 5.91 Å². The SMILES string of the molecule is C=C(NNc1ccccc1)[C@@H]1C(=O)NC(=O)N(c2ccc(Cl)cc2)C1=O. The van der Waals surface area contributed by atoms with Crippen molar-refractivity contribution in [2.45, 2.75) is 0 Å². The number of imide groups is 2. The van der Waals surface area contributed by atoms with E-state index in [4.69, 9.17) is 11.6 Å². The first kappa shape index (κ1) is 17.5. The number of nitrogens with one attached hydrogen (secondary N) is 3. The third-order valence-electron chi connectivity index (χ3n) is 3.74. The van der Waals surface area contributed by atoms with Crippen LogP contribution in [0.1, 0.15) is 0 Å². The Morgan fingerprint density at radius 2 is 1.69 bits per heavy atom. The summed E-state index contributed by atoms with van der Waals surface area (Å²) in [6.07, 6.45) is 0. The molecule has 1 saturated heterocycles. The number of carbonyl (C=O) groups excluding carboxylic acids is 3. The third-order valence-corrected chi connectivity index (χ3v) is 3.99. The fourth-order valence-electron chi connectivity index (χ4n) is 2.46. The van der Waals surface area contributed by atoms with Gasteiger partial charge in [0, 0.05) is 10.7 Å². The maximum absolute atomic E-state index is 12.8. The first-order chi connectivity index (χ1) is 12.5. The number of benzene rings is 2. The van der Waals surface area contributed by atoms with Crippen LogP contribution >= 0.6 is 11.6 Å².